The van der Waals surface area contributed by atoms with Crippen molar-refractivity contribution in [1.82, 2.24) is 0 Å². The molecule has 0 fully saturated rings. The highest BCUT2D eigenvalue weighted by atomic mass is 31.1. The van der Waals surface area contributed by atoms with E-state index in [1.807, 2.05) is 0 Å². The smallest absolute Gasteiger partial charge is 0.0103 e. The van der Waals surface area contributed by atoms with Gasteiger partial charge in [0.05, 0.1) is 0 Å². The van der Waals surface area contributed by atoms with Crippen LogP contribution in [0, 0.1) is 0 Å². The fourth-order valence-corrected chi connectivity index (χ4v) is 2.08. The summed E-state index contributed by atoms with van der Waals surface area (Å²) < 4.78 is 0. The van der Waals surface area contributed by atoms with Gasteiger partial charge in [-0.1, -0.05) is 42.5 Å². The van der Waals surface area contributed by atoms with Crippen molar-refractivity contribution in [1.29, 1.82) is 0 Å². The van der Waals surface area contributed by atoms with E-state index in [2.05, 4.69) is 49.1 Å². The second kappa shape index (κ2) is 3.25. The lowest BCUT2D eigenvalue weighted by molar-refractivity contribution is 1.78. The summed E-state index contributed by atoms with van der Waals surface area (Å²) in [4.78, 5) is 0. The predicted octanol–water partition coefficient (Wildman–Crippen LogP) is 3.04. The summed E-state index contributed by atoms with van der Waals surface area (Å²) in [6, 6.07) is 15.0. The van der Waals surface area contributed by atoms with E-state index in [-0.39, 0.29) is 0 Å². The molecule has 2 aromatic rings. The van der Waals surface area contributed by atoms with Gasteiger partial charge in [-0.2, -0.15) is 0 Å². The van der Waals surface area contributed by atoms with Crippen molar-refractivity contribution in [3.63, 3.8) is 0 Å². The van der Waals surface area contributed by atoms with E-state index in [9.17, 15) is 0 Å². The van der Waals surface area contributed by atoms with Crippen LogP contribution in [0.3, 0.4) is 0 Å². The monoisotopic (exact) mass is 173 g/mol. The van der Waals surface area contributed by atoms with Crippen LogP contribution in [-0.4, -0.2) is 6.66 Å². The van der Waals surface area contributed by atoms with E-state index in [1.165, 1.54) is 24.7 Å². The molecular formula is C11H10P. The molecule has 2 aromatic carbocycles. The van der Waals surface area contributed by atoms with Gasteiger partial charge >= 0.3 is 0 Å². The standard InChI is InChI=1S/C11H10P/c1-12-11-8-4-6-9-5-2-3-7-10(9)11/h2-8H,1H3. The molecule has 0 nitrogen and oxygen atoms in total. The van der Waals surface area contributed by atoms with Crippen molar-refractivity contribution in [2.45, 2.75) is 0 Å². The number of hydrogen-bond donors (Lipinski definition) is 0. The fourth-order valence-electron chi connectivity index (χ4n) is 1.40. The van der Waals surface area contributed by atoms with Crippen LogP contribution in [0.1, 0.15) is 0 Å². The van der Waals surface area contributed by atoms with Crippen molar-refractivity contribution >= 4 is 24.7 Å². The maximum atomic E-state index is 2.18. The molecule has 0 aliphatic carbocycles. The summed E-state index contributed by atoms with van der Waals surface area (Å²) in [5.74, 6) is 0. The van der Waals surface area contributed by atoms with E-state index in [1.54, 1.807) is 0 Å². The van der Waals surface area contributed by atoms with Gasteiger partial charge in [0.25, 0.3) is 0 Å². The number of hydrogen-bond acceptors (Lipinski definition) is 0. The van der Waals surface area contributed by atoms with E-state index < -0.39 is 0 Å². The Morgan fingerprint density at radius 3 is 2.50 bits per heavy atom. The first-order chi connectivity index (χ1) is 5.92. The second-order valence-electron chi connectivity index (χ2n) is 2.72. The minimum atomic E-state index is 1.34. The van der Waals surface area contributed by atoms with Gasteiger partial charge in [0, 0.05) is 0 Å². The Labute approximate surface area is 74.4 Å². The number of rotatable bonds is 1. The van der Waals surface area contributed by atoms with Gasteiger partial charge in [0.2, 0.25) is 0 Å². The third-order valence-corrected chi connectivity index (χ3v) is 2.88. The molecule has 59 valence electrons. The molecule has 2 rings (SSSR count). The molecule has 0 aliphatic rings. The fraction of sp³-hybridized carbons (Fsp3) is 0.0909. The summed E-state index contributed by atoms with van der Waals surface area (Å²) in [6.45, 7) is 2.17. The lowest BCUT2D eigenvalue weighted by atomic mass is 10.1. The Hall–Kier alpha value is -0.870. The Balaban J connectivity index is 2.79. The maximum absolute atomic E-state index is 2.18. The average Bonchev–Trinajstić information content (AvgIpc) is 2.17. The largest absolute Gasteiger partial charge is 0.0616 e. The SMILES string of the molecule is C[P]c1cccc2ccccc12. The van der Waals surface area contributed by atoms with Gasteiger partial charge in [0.15, 0.2) is 0 Å². The third kappa shape index (κ3) is 1.23. The normalized spacial score (nSPS) is 11.4. The van der Waals surface area contributed by atoms with E-state index in [0.29, 0.717) is 0 Å². The van der Waals surface area contributed by atoms with Gasteiger partial charge < -0.3 is 0 Å². The topological polar surface area (TPSA) is 0 Å². The highest BCUT2D eigenvalue weighted by molar-refractivity contribution is 7.47. The summed E-state index contributed by atoms with van der Waals surface area (Å²) in [6.07, 6.45) is 0. The van der Waals surface area contributed by atoms with Crippen molar-refractivity contribution in [3.8, 4) is 0 Å². The second-order valence-corrected chi connectivity index (χ2v) is 3.65. The van der Waals surface area contributed by atoms with Crippen molar-refractivity contribution in [3.05, 3.63) is 42.5 Å². The van der Waals surface area contributed by atoms with Gasteiger partial charge in [-0.3, -0.25) is 0 Å². The van der Waals surface area contributed by atoms with E-state index in [0.717, 1.165) is 0 Å². The highest BCUT2D eigenvalue weighted by Gasteiger charge is 1.96. The molecule has 0 aliphatic heterocycles. The maximum Gasteiger partial charge on any atom is -0.0103 e. The minimum Gasteiger partial charge on any atom is -0.0616 e. The summed E-state index contributed by atoms with van der Waals surface area (Å²) >= 11 is 0. The Kier molecular flexibility index (Phi) is 2.10. The molecule has 1 radical (unpaired) electrons. The molecule has 0 spiro atoms. The number of benzene rings is 2. The van der Waals surface area contributed by atoms with E-state index >= 15 is 0 Å². The van der Waals surface area contributed by atoms with Crippen molar-refractivity contribution in [2.75, 3.05) is 6.66 Å². The molecule has 0 heterocycles. The van der Waals surface area contributed by atoms with Crippen molar-refractivity contribution < 1.29 is 0 Å². The van der Waals surface area contributed by atoms with Crippen LogP contribution < -0.4 is 5.30 Å². The molecule has 0 aromatic heterocycles. The van der Waals surface area contributed by atoms with Crippen LogP contribution in [-0.2, 0) is 0 Å². The first kappa shape index (κ1) is 7.76. The third-order valence-electron chi connectivity index (χ3n) is 2.01. The molecule has 0 amide bonds. The van der Waals surface area contributed by atoms with Crippen LogP contribution in [0.15, 0.2) is 42.5 Å². The lowest BCUT2D eigenvalue weighted by Gasteiger charge is -2.01. The molecule has 1 heteroatoms. The highest BCUT2D eigenvalue weighted by Crippen LogP contribution is 2.16. The zero-order valence-electron chi connectivity index (χ0n) is 6.99. The molecule has 0 N–H and O–H groups in total. The van der Waals surface area contributed by atoms with Gasteiger partial charge in [0.1, 0.15) is 0 Å². The molecule has 12 heavy (non-hydrogen) atoms. The van der Waals surface area contributed by atoms with Crippen LogP contribution in [0.2, 0.25) is 0 Å². The first-order valence-corrected chi connectivity index (χ1v) is 5.33. The lowest BCUT2D eigenvalue weighted by Crippen LogP contribution is -1.93. The van der Waals surface area contributed by atoms with Gasteiger partial charge in [-0.15, -0.1) is 0 Å². The Bertz CT molecular complexity index is 388. The zero-order chi connectivity index (χ0) is 8.39. The Morgan fingerprint density at radius 2 is 1.67 bits per heavy atom. The minimum absolute atomic E-state index is 1.34. The van der Waals surface area contributed by atoms with E-state index in [4.69, 9.17) is 0 Å². The van der Waals surface area contributed by atoms with Crippen LogP contribution >= 0.6 is 8.58 Å². The van der Waals surface area contributed by atoms with Crippen LogP contribution in [0.5, 0.6) is 0 Å². The molecule has 0 saturated carbocycles. The molecule has 0 atom stereocenters. The molecular weight excluding hydrogens is 163 g/mol. The Morgan fingerprint density at radius 1 is 0.917 bits per heavy atom. The van der Waals surface area contributed by atoms with Crippen molar-refractivity contribution in [2.24, 2.45) is 0 Å². The first-order valence-electron chi connectivity index (χ1n) is 3.99. The summed E-state index contributed by atoms with van der Waals surface area (Å²) in [5, 5.41) is 4.13. The zero-order valence-corrected chi connectivity index (χ0v) is 7.88. The predicted molar refractivity (Wildman–Crippen MR) is 56.4 cm³/mol. The average molecular weight is 173 g/mol. The quantitative estimate of drug-likeness (QED) is 0.581. The summed E-state index contributed by atoms with van der Waals surface area (Å²) in [5.41, 5.74) is 0. The van der Waals surface area contributed by atoms with Crippen LogP contribution in [0.4, 0.5) is 0 Å². The van der Waals surface area contributed by atoms with Gasteiger partial charge in [-0.05, 0) is 31.3 Å². The van der Waals surface area contributed by atoms with Crippen LogP contribution in [0.25, 0.3) is 10.8 Å². The molecule has 0 unspecified atom stereocenters. The molecule has 0 bridgehead atoms. The summed E-state index contributed by atoms with van der Waals surface area (Å²) in [7, 11) is 1.34. The molecule has 0 saturated heterocycles. The number of fused-ring (bicyclic) bond motifs is 1. The van der Waals surface area contributed by atoms with Gasteiger partial charge in [-0.25, -0.2) is 0 Å².